The highest BCUT2D eigenvalue weighted by Crippen LogP contribution is 2.21. The Balaban J connectivity index is 1.95. The number of aromatic amines is 1. The van der Waals surface area contributed by atoms with Crippen LogP contribution in [0, 0.1) is 5.41 Å². The van der Waals surface area contributed by atoms with E-state index in [1.165, 1.54) is 11.1 Å². The van der Waals surface area contributed by atoms with Crippen LogP contribution in [0.1, 0.15) is 19.4 Å². The highest BCUT2D eigenvalue weighted by molar-refractivity contribution is 5.62. The zero-order valence-electron chi connectivity index (χ0n) is 13.5. The third kappa shape index (κ3) is 4.69. The van der Waals surface area contributed by atoms with Gasteiger partial charge in [-0.15, -0.1) is 0 Å². The van der Waals surface area contributed by atoms with Gasteiger partial charge in [-0.1, -0.05) is 44.2 Å². The van der Waals surface area contributed by atoms with E-state index >= 15 is 0 Å². The second-order valence-corrected chi connectivity index (χ2v) is 6.64. The number of H-pyrrole nitrogens is 1. The van der Waals surface area contributed by atoms with E-state index in [0.717, 1.165) is 25.3 Å². The third-order valence-electron chi connectivity index (χ3n) is 3.44. The largest absolute Gasteiger partial charge is 0.312 e. The Bertz CT molecular complexity index is 543. The van der Waals surface area contributed by atoms with E-state index in [2.05, 4.69) is 60.5 Å². The lowest BCUT2D eigenvalue weighted by atomic mass is 9.93. The summed E-state index contributed by atoms with van der Waals surface area (Å²) in [5.74, 6) is 0. The van der Waals surface area contributed by atoms with Crippen molar-refractivity contribution in [2.24, 2.45) is 5.41 Å². The van der Waals surface area contributed by atoms with Crippen LogP contribution in [0.15, 0.2) is 36.5 Å². The maximum absolute atomic E-state index is 4.19. The second-order valence-electron chi connectivity index (χ2n) is 6.64. The molecule has 0 aliphatic heterocycles. The molecule has 0 bridgehead atoms. The zero-order valence-corrected chi connectivity index (χ0v) is 13.5. The number of hydrogen-bond donors (Lipinski definition) is 2. The van der Waals surface area contributed by atoms with Crippen LogP contribution in [-0.2, 0) is 6.54 Å². The molecular formula is C17H26N4. The maximum atomic E-state index is 4.19. The summed E-state index contributed by atoms with van der Waals surface area (Å²) < 4.78 is 0. The molecule has 0 saturated carbocycles. The van der Waals surface area contributed by atoms with Gasteiger partial charge in [0.05, 0.1) is 11.9 Å². The molecule has 2 rings (SSSR count). The standard InChI is InChI=1S/C17H26N4/c1-17(2,13-21(3)4)12-18-10-15-11-19-20-16(15)14-8-6-5-7-9-14/h5-9,11,18H,10,12-13H2,1-4H3,(H,19,20). The van der Waals surface area contributed by atoms with Gasteiger partial charge < -0.3 is 10.2 Å². The summed E-state index contributed by atoms with van der Waals surface area (Å²) in [6, 6.07) is 10.3. The molecule has 0 unspecified atom stereocenters. The molecule has 1 aromatic carbocycles. The molecule has 0 aliphatic rings. The highest BCUT2D eigenvalue weighted by Gasteiger charge is 2.18. The van der Waals surface area contributed by atoms with Gasteiger partial charge in [-0.2, -0.15) is 5.10 Å². The Morgan fingerprint density at radius 1 is 1.19 bits per heavy atom. The first-order valence-electron chi connectivity index (χ1n) is 7.41. The summed E-state index contributed by atoms with van der Waals surface area (Å²) in [6.07, 6.45) is 1.91. The topological polar surface area (TPSA) is 44.0 Å². The highest BCUT2D eigenvalue weighted by atomic mass is 15.1. The molecule has 1 aromatic heterocycles. The van der Waals surface area contributed by atoms with Gasteiger partial charge in [0.1, 0.15) is 0 Å². The van der Waals surface area contributed by atoms with Gasteiger partial charge in [-0.05, 0) is 25.1 Å². The molecule has 0 radical (unpaired) electrons. The van der Waals surface area contributed by atoms with Gasteiger partial charge in [0.15, 0.2) is 0 Å². The molecule has 2 aromatic rings. The van der Waals surface area contributed by atoms with Crippen molar-refractivity contribution in [3.8, 4) is 11.3 Å². The Morgan fingerprint density at radius 2 is 1.90 bits per heavy atom. The summed E-state index contributed by atoms with van der Waals surface area (Å²) in [6.45, 7) is 7.44. The van der Waals surface area contributed by atoms with Gasteiger partial charge >= 0.3 is 0 Å². The van der Waals surface area contributed by atoms with E-state index in [0.29, 0.717) is 0 Å². The number of nitrogens with one attached hydrogen (secondary N) is 2. The third-order valence-corrected chi connectivity index (χ3v) is 3.44. The lowest BCUT2D eigenvalue weighted by Gasteiger charge is -2.28. The van der Waals surface area contributed by atoms with Crippen LogP contribution in [0.25, 0.3) is 11.3 Å². The summed E-state index contributed by atoms with van der Waals surface area (Å²) in [5, 5.41) is 10.8. The van der Waals surface area contributed by atoms with E-state index in [4.69, 9.17) is 0 Å². The van der Waals surface area contributed by atoms with Crippen molar-refractivity contribution in [1.29, 1.82) is 0 Å². The number of rotatable bonds is 7. The normalized spacial score (nSPS) is 12.0. The SMILES string of the molecule is CN(C)CC(C)(C)CNCc1cn[nH]c1-c1ccccc1. The molecule has 0 aliphatic carbocycles. The predicted molar refractivity (Wildman–Crippen MR) is 88.1 cm³/mol. The minimum Gasteiger partial charge on any atom is -0.312 e. The number of aromatic nitrogens is 2. The van der Waals surface area contributed by atoms with Crippen LogP contribution in [0.4, 0.5) is 0 Å². The summed E-state index contributed by atoms with van der Waals surface area (Å²) in [4.78, 5) is 2.23. The lowest BCUT2D eigenvalue weighted by molar-refractivity contribution is 0.232. The summed E-state index contributed by atoms with van der Waals surface area (Å²) in [7, 11) is 4.23. The van der Waals surface area contributed by atoms with Crippen molar-refractivity contribution in [1.82, 2.24) is 20.4 Å². The molecule has 4 heteroatoms. The fourth-order valence-electron chi connectivity index (χ4n) is 2.75. The molecule has 21 heavy (non-hydrogen) atoms. The molecule has 0 atom stereocenters. The summed E-state index contributed by atoms with van der Waals surface area (Å²) >= 11 is 0. The molecule has 0 fully saturated rings. The predicted octanol–water partition coefficient (Wildman–Crippen LogP) is 2.75. The first-order valence-corrected chi connectivity index (χ1v) is 7.41. The van der Waals surface area contributed by atoms with Gasteiger partial charge in [0, 0.05) is 25.2 Å². The first kappa shape index (κ1) is 15.7. The zero-order chi connectivity index (χ0) is 15.3. The first-order chi connectivity index (χ1) is 9.98. The van der Waals surface area contributed by atoms with Crippen LogP contribution < -0.4 is 5.32 Å². The molecular weight excluding hydrogens is 260 g/mol. The molecule has 114 valence electrons. The number of benzene rings is 1. The fourth-order valence-corrected chi connectivity index (χ4v) is 2.75. The minimum absolute atomic E-state index is 0.250. The molecule has 0 saturated heterocycles. The van der Waals surface area contributed by atoms with E-state index in [1.807, 2.05) is 24.4 Å². The lowest BCUT2D eigenvalue weighted by Crippen LogP contribution is -2.37. The van der Waals surface area contributed by atoms with Gasteiger partial charge in [-0.3, -0.25) is 5.10 Å². The van der Waals surface area contributed by atoms with Crippen molar-refractivity contribution >= 4 is 0 Å². The average molecular weight is 286 g/mol. The fraction of sp³-hybridized carbons (Fsp3) is 0.471. The minimum atomic E-state index is 0.250. The van der Waals surface area contributed by atoms with E-state index < -0.39 is 0 Å². The van der Waals surface area contributed by atoms with Crippen molar-refractivity contribution in [2.45, 2.75) is 20.4 Å². The van der Waals surface area contributed by atoms with Crippen LogP contribution in [0.3, 0.4) is 0 Å². The smallest absolute Gasteiger partial charge is 0.0695 e. The van der Waals surface area contributed by atoms with E-state index in [9.17, 15) is 0 Å². The van der Waals surface area contributed by atoms with Crippen molar-refractivity contribution < 1.29 is 0 Å². The Morgan fingerprint density at radius 3 is 2.57 bits per heavy atom. The monoisotopic (exact) mass is 286 g/mol. The van der Waals surface area contributed by atoms with Crippen LogP contribution in [0.5, 0.6) is 0 Å². The quantitative estimate of drug-likeness (QED) is 0.822. The molecule has 4 nitrogen and oxygen atoms in total. The van der Waals surface area contributed by atoms with Crippen LogP contribution in [-0.4, -0.2) is 42.3 Å². The molecule has 1 heterocycles. The summed E-state index contributed by atoms with van der Waals surface area (Å²) in [5.41, 5.74) is 3.75. The Hall–Kier alpha value is -1.65. The van der Waals surface area contributed by atoms with Crippen LogP contribution >= 0.6 is 0 Å². The van der Waals surface area contributed by atoms with Crippen molar-refractivity contribution in [3.05, 3.63) is 42.1 Å². The Labute approximate surface area is 127 Å². The van der Waals surface area contributed by atoms with Crippen LogP contribution in [0.2, 0.25) is 0 Å². The number of hydrogen-bond acceptors (Lipinski definition) is 3. The van der Waals surface area contributed by atoms with Gasteiger partial charge in [-0.25, -0.2) is 0 Å². The van der Waals surface area contributed by atoms with Crippen molar-refractivity contribution in [3.63, 3.8) is 0 Å². The van der Waals surface area contributed by atoms with Gasteiger partial charge in [0.25, 0.3) is 0 Å². The number of nitrogens with zero attached hydrogens (tertiary/aromatic N) is 2. The van der Waals surface area contributed by atoms with Crippen molar-refractivity contribution in [2.75, 3.05) is 27.2 Å². The van der Waals surface area contributed by atoms with E-state index in [1.54, 1.807) is 0 Å². The Kier molecular flexibility index (Phi) is 5.15. The maximum Gasteiger partial charge on any atom is 0.0695 e. The van der Waals surface area contributed by atoms with E-state index in [-0.39, 0.29) is 5.41 Å². The average Bonchev–Trinajstić information content (AvgIpc) is 2.86. The molecule has 0 spiro atoms. The second kappa shape index (κ2) is 6.87. The molecule has 0 amide bonds. The molecule has 2 N–H and O–H groups in total. The van der Waals surface area contributed by atoms with Gasteiger partial charge in [0.2, 0.25) is 0 Å².